The molecule has 0 aliphatic carbocycles. The van der Waals surface area contributed by atoms with Crippen LogP contribution in [0.1, 0.15) is 35.2 Å². The second-order valence-electron chi connectivity index (χ2n) is 7.39. The van der Waals surface area contributed by atoms with Crippen molar-refractivity contribution in [1.82, 2.24) is 9.55 Å². The number of rotatable bonds is 5. The third kappa shape index (κ3) is 3.99. The van der Waals surface area contributed by atoms with E-state index >= 15 is 0 Å². The molecule has 0 saturated carbocycles. The van der Waals surface area contributed by atoms with Crippen LogP contribution >= 0.6 is 11.8 Å². The van der Waals surface area contributed by atoms with Gasteiger partial charge in [-0.25, -0.2) is 4.98 Å². The normalized spacial score (nSPS) is 12.2. The van der Waals surface area contributed by atoms with Gasteiger partial charge in [-0.1, -0.05) is 78.0 Å². The summed E-state index contributed by atoms with van der Waals surface area (Å²) in [6.45, 7) is 6.30. The Kier molecular flexibility index (Phi) is 5.54. The van der Waals surface area contributed by atoms with Gasteiger partial charge in [0.15, 0.2) is 5.16 Å². The van der Waals surface area contributed by atoms with Crippen LogP contribution in [-0.2, 0) is 5.75 Å². The highest BCUT2D eigenvalue weighted by Crippen LogP contribution is 2.28. The van der Waals surface area contributed by atoms with Crippen LogP contribution in [0.25, 0.3) is 10.9 Å². The van der Waals surface area contributed by atoms with Crippen LogP contribution in [-0.4, -0.2) is 9.55 Å². The molecule has 1 heterocycles. The lowest BCUT2D eigenvalue weighted by Crippen LogP contribution is -2.27. The summed E-state index contributed by atoms with van der Waals surface area (Å²) in [6.07, 6.45) is 0. The fraction of sp³-hybridized carbons (Fsp3) is 0.200. The first kappa shape index (κ1) is 19.5. The predicted octanol–water partition coefficient (Wildman–Crippen LogP) is 5.91. The minimum absolute atomic E-state index is 0.00965. The zero-order chi connectivity index (χ0) is 20.4. The second kappa shape index (κ2) is 8.26. The average molecular weight is 401 g/mol. The summed E-state index contributed by atoms with van der Waals surface area (Å²) in [6, 6.07) is 24.1. The summed E-state index contributed by atoms with van der Waals surface area (Å²) in [5.41, 5.74) is 5.63. The molecule has 0 radical (unpaired) electrons. The number of nitrogens with zero attached hydrogens (tertiary/aromatic N) is 2. The number of aromatic nitrogens is 2. The molecular formula is C25H24N2OS. The average Bonchev–Trinajstić information content (AvgIpc) is 2.75. The summed E-state index contributed by atoms with van der Waals surface area (Å²) in [5, 5.41) is 1.41. The first-order valence-corrected chi connectivity index (χ1v) is 10.8. The number of hydrogen-bond acceptors (Lipinski definition) is 3. The lowest BCUT2D eigenvalue weighted by atomic mass is 10.1. The minimum atomic E-state index is -0.0955. The highest BCUT2D eigenvalue weighted by molar-refractivity contribution is 7.98. The third-order valence-corrected chi connectivity index (χ3v) is 6.31. The van der Waals surface area contributed by atoms with Gasteiger partial charge in [-0.05, 0) is 49.6 Å². The van der Waals surface area contributed by atoms with Crippen LogP contribution < -0.4 is 5.56 Å². The van der Waals surface area contributed by atoms with E-state index in [1.807, 2.05) is 47.0 Å². The fourth-order valence-electron chi connectivity index (χ4n) is 3.55. The van der Waals surface area contributed by atoms with Crippen LogP contribution in [0.4, 0.5) is 0 Å². The Labute approximate surface area is 175 Å². The zero-order valence-electron chi connectivity index (χ0n) is 16.9. The highest BCUT2D eigenvalue weighted by atomic mass is 32.2. The number of fused-ring (bicyclic) bond motifs is 1. The molecule has 0 fully saturated rings. The van der Waals surface area contributed by atoms with Crippen molar-refractivity contribution in [1.29, 1.82) is 0 Å². The summed E-state index contributed by atoms with van der Waals surface area (Å²) in [5.74, 6) is 0.778. The van der Waals surface area contributed by atoms with E-state index in [1.54, 1.807) is 11.8 Å². The van der Waals surface area contributed by atoms with Gasteiger partial charge in [0, 0.05) is 5.75 Å². The zero-order valence-corrected chi connectivity index (χ0v) is 17.7. The molecule has 0 bridgehead atoms. The molecule has 4 aromatic rings. The van der Waals surface area contributed by atoms with Crippen molar-refractivity contribution >= 4 is 22.7 Å². The number of hydrogen-bond donors (Lipinski definition) is 0. The van der Waals surface area contributed by atoms with Gasteiger partial charge < -0.3 is 0 Å². The number of benzene rings is 3. The molecule has 3 nitrogen and oxygen atoms in total. The largest absolute Gasteiger partial charge is 0.280 e. The monoisotopic (exact) mass is 400 g/mol. The van der Waals surface area contributed by atoms with Gasteiger partial charge in [-0.15, -0.1) is 0 Å². The molecule has 0 spiro atoms. The smallest absolute Gasteiger partial charge is 0.262 e. The molecule has 4 heteroatoms. The Morgan fingerprint density at radius 2 is 1.69 bits per heavy atom. The van der Waals surface area contributed by atoms with Gasteiger partial charge in [0.25, 0.3) is 5.56 Å². The molecule has 4 rings (SSSR count). The first-order chi connectivity index (χ1) is 14.0. The molecule has 29 heavy (non-hydrogen) atoms. The van der Waals surface area contributed by atoms with Gasteiger partial charge >= 0.3 is 0 Å². The molecule has 146 valence electrons. The van der Waals surface area contributed by atoms with Crippen LogP contribution in [0.2, 0.25) is 0 Å². The summed E-state index contributed by atoms with van der Waals surface area (Å²) in [4.78, 5) is 18.3. The van der Waals surface area contributed by atoms with Gasteiger partial charge in [-0.3, -0.25) is 9.36 Å². The van der Waals surface area contributed by atoms with E-state index in [9.17, 15) is 4.79 Å². The Hall–Kier alpha value is -2.85. The van der Waals surface area contributed by atoms with Crippen molar-refractivity contribution in [2.75, 3.05) is 0 Å². The van der Waals surface area contributed by atoms with Crippen LogP contribution in [0.5, 0.6) is 0 Å². The van der Waals surface area contributed by atoms with Crippen LogP contribution in [0, 0.1) is 13.8 Å². The third-order valence-electron chi connectivity index (χ3n) is 5.31. The fourth-order valence-corrected chi connectivity index (χ4v) is 4.69. The van der Waals surface area contributed by atoms with Gasteiger partial charge in [0.1, 0.15) is 0 Å². The van der Waals surface area contributed by atoms with Crippen molar-refractivity contribution in [2.45, 2.75) is 37.7 Å². The lowest BCUT2D eigenvalue weighted by Gasteiger charge is -2.20. The van der Waals surface area contributed by atoms with E-state index < -0.39 is 0 Å². The molecular weight excluding hydrogens is 376 g/mol. The molecule has 1 aromatic heterocycles. The Morgan fingerprint density at radius 1 is 0.966 bits per heavy atom. The van der Waals surface area contributed by atoms with Crippen molar-refractivity contribution in [2.24, 2.45) is 0 Å². The van der Waals surface area contributed by atoms with E-state index in [2.05, 4.69) is 51.1 Å². The van der Waals surface area contributed by atoms with E-state index in [1.165, 1.54) is 16.7 Å². The van der Waals surface area contributed by atoms with Crippen LogP contribution in [0.15, 0.2) is 82.7 Å². The number of aryl methyl sites for hydroxylation is 2. The predicted molar refractivity (Wildman–Crippen MR) is 122 cm³/mol. The van der Waals surface area contributed by atoms with E-state index in [-0.39, 0.29) is 11.6 Å². The molecule has 0 aliphatic rings. The Balaban J connectivity index is 1.81. The van der Waals surface area contributed by atoms with Crippen molar-refractivity contribution in [3.05, 3.63) is 105 Å². The van der Waals surface area contributed by atoms with Crippen molar-refractivity contribution in [3.8, 4) is 0 Å². The molecule has 0 unspecified atom stereocenters. The Bertz CT molecular complexity index is 1210. The van der Waals surface area contributed by atoms with Crippen LogP contribution in [0.3, 0.4) is 0 Å². The molecule has 0 amide bonds. The topological polar surface area (TPSA) is 34.9 Å². The quantitative estimate of drug-likeness (QED) is 0.308. The van der Waals surface area contributed by atoms with Crippen molar-refractivity contribution < 1.29 is 0 Å². The first-order valence-electron chi connectivity index (χ1n) is 9.80. The summed E-state index contributed by atoms with van der Waals surface area (Å²) >= 11 is 1.63. The van der Waals surface area contributed by atoms with E-state index in [0.717, 1.165) is 22.0 Å². The number of thioether (sulfide) groups is 1. The van der Waals surface area contributed by atoms with Crippen molar-refractivity contribution in [3.63, 3.8) is 0 Å². The maximum Gasteiger partial charge on any atom is 0.262 e. The Morgan fingerprint density at radius 3 is 2.48 bits per heavy atom. The number of para-hydroxylation sites is 1. The summed E-state index contributed by atoms with van der Waals surface area (Å²) in [7, 11) is 0. The molecule has 0 N–H and O–H groups in total. The molecule has 1 atom stereocenters. The second-order valence-corrected chi connectivity index (χ2v) is 8.33. The van der Waals surface area contributed by atoms with E-state index in [0.29, 0.717) is 5.39 Å². The molecule has 0 aliphatic heterocycles. The maximum absolute atomic E-state index is 13.4. The minimum Gasteiger partial charge on any atom is -0.280 e. The maximum atomic E-state index is 13.4. The molecule has 0 saturated heterocycles. The highest BCUT2D eigenvalue weighted by Gasteiger charge is 2.18. The van der Waals surface area contributed by atoms with Gasteiger partial charge in [-0.2, -0.15) is 0 Å². The lowest BCUT2D eigenvalue weighted by molar-refractivity contribution is 0.548. The molecule has 3 aromatic carbocycles. The van der Waals surface area contributed by atoms with Gasteiger partial charge in [0.05, 0.1) is 16.9 Å². The standard InChI is InChI=1S/C25H24N2OS/c1-17-13-14-18(2)21(15-17)16-29-25-26-23-12-8-7-11-22(23)24(28)27(25)19(3)20-9-5-4-6-10-20/h4-15,19H,16H2,1-3H3/t19-/m1/s1. The summed E-state index contributed by atoms with van der Waals surface area (Å²) < 4.78 is 1.84. The van der Waals surface area contributed by atoms with Gasteiger partial charge in [0.2, 0.25) is 0 Å². The van der Waals surface area contributed by atoms with E-state index in [4.69, 9.17) is 4.98 Å². The SMILES string of the molecule is Cc1ccc(C)c(CSc2nc3ccccc3c(=O)n2[C@H](C)c2ccccc2)c1.